The first-order valence-electron chi connectivity index (χ1n) is 28.0. The van der Waals surface area contributed by atoms with E-state index in [0.29, 0.717) is 19.3 Å². The van der Waals surface area contributed by atoms with Crippen LogP contribution in [0, 0.1) is 0 Å². The molecule has 0 fully saturated rings. The maximum Gasteiger partial charge on any atom is 0.306 e. The Kier molecular flexibility index (Phi) is 50.7. The highest BCUT2D eigenvalue weighted by atomic mass is 16.6. The minimum atomic E-state index is -0.759. The first-order chi connectivity index (χ1) is 30.5. The Hall–Kier alpha value is -1.59. The third-order valence-corrected chi connectivity index (χ3v) is 12.9. The molecule has 0 aliphatic heterocycles. The maximum atomic E-state index is 12.8. The second-order valence-corrected chi connectivity index (χ2v) is 19.2. The van der Waals surface area contributed by atoms with Gasteiger partial charge in [0.15, 0.2) is 6.10 Å². The summed E-state index contributed by atoms with van der Waals surface area (Å²) in [5.74, 6) is -0.841. The van der Waals surface area contributed by atoms with Crippen molar-refractivity contribution in [3.8, 4) is 0 Å². The summed E-state index contributed by atoms with van der Waals surface area (Å²) in [7, 11) is 0. The van der Waals surface area contributed by atoms with E-state index in [1.54, 1.807) is 0 Å². The largest absolute Gasteiger partial charge is 0.462 e. The van der Waals surface area contributed by atoms with Crippen molar-refractivity contribution in [2.75, 3.05) is 13.2 Å². The van der Waals surface area contributed by atoms with Gasteiger partial charge in [0.1, 0.15) is 13.2 Å². The number of carbonyl (C=O) groups is 3. The molecule has 0 rings (SSSR count). The quantitative estimate of drug-likeness (QED) is 0.0344. The molecule has 1 atom stereocenters. The normalized spacial score (nSPS) is 11.9. The fraction of sp³-hybridized carbons (Fsp3) is 0.946. The molecule has 0 aromatic carbocycles. The first-order valence-corrected chi connectivity index (χ1v) is 28.0. The van der Waals surface area contributed by atoms with Crippen LogP contribution in [0.15, 0.2) is 0 Å². The Morgan fingerprint density at radius 2 is 0.435 bits per heavy atom. The number of esters is 3. The van der Waals surface area contributed by atoms with Gasteiger partial charge in [0.05, 0.1) is 0 Å². The van der Waals surface area contributed by atoms with Gasteiger partial charge in [-0.1, -0.05) is 284 Å². The number of unbranched alkanes of at least 4 members (excludes halogenated alkanes) is 41. The van der Waals surface area contributed by atoms with E-state index in [1.165, 1.54) is 225 Å². The van der Waals surface area contributed by atoms with Gasteiger partial charge in [-0.2, -0.15) is 0 Å². The molecule has 0 saturated carbocycles. The number of hydrogen-bond donors (Lipinski definition) is 0. The van der Waals surface area contributed by atoms with Gasteiger partial charge in [-0.05, 0) is 19.3 Å². The minimum absolute atomic E-state index is 0.0617. The molecule has 0 bridgehead atoms. The van der Waals surface area contributed by atoms with Gasteiger partial charge >= 0.3 is 17.9 Å². The Morgan fingerprint density at radius 1 is 0.258 bits per heavy atom. The van der Waals surface area contributed by atoms with Crippen LogP contribution in [0.2, 0.25) is 0 Å². The highest BCUT2D eigenvalue weighted by Crippen LogP contribution is 2.17. The van der Waals surface area contributed by atoms with Crippen molar-refractivity contribution < 1.29 is 28.6 Å². The molecular formula is C56H108O6. The van der Waals surface area contributed by atoms with Crippen LogP contribution in [-0.2, 0) is 28.6 Å². The summed E-state index contributed by atoms with van der Waals surface area (Å²) in [5, 5.41) is 0. The molecule has 0 heterocycles. The summed E-state index contributed by atoms with van der Waals surface area (Å²) in [5.41, 5.74) is 0. The topological polar surface area (TPSA) is 78.9 Å². The van der Waals surface area contributed by atoms with Gasteiger partial charge in [-0.25, -0.2) is 0 Å². The average molecular weight is 877 g/mol. The van der Waals surface area contributed by atoms with E-state index in [2.05, 4.69) is 20.8 Å². The summed E-state index contributed by atoms with van der Waals surface area (Å²) in [4.78, 5) is 37.9. The van der Waals surface area contributed by atoms with Crippen molar-refractivity contribution in [3.05, 3.63) is 0 Å². The van der Waals surface area contributed by atoms with E-state index in [4.69, 9.17) is 14.2 Å². The smallest absolute Gasteiger partial charge is 0.306 e. The van der Waals surface area contributed by atoms with Crippen molar-refractivity contribution >= 4 is 17.9 Å². The van der Waals surface area contributed by atoms with E-state index in [0.717, 1.165) is 57.8 Å². The standard InChI is InChI=1S/C56H108O6/c1-4-7-10-13-16-19-21-23-25-27-29-31-33-35-37-40-43-46-49-55(58)61-52-53(51-60-54(57)48-45-42-39-18-15-12-9-6-3)62-56(59)50-47-44-41-38-36-34-32-30-28-26-24-22-20-17-14-11-8-5-2/h53H,4-52H2,1-3H3. The van der Waals surface area contributed by atoms with Crippen LogP contribution in [0.3, 0.4) is 0 Å². The SMILES string of the molecule is CCCCCCCCCCCCCCCCCCCCC(=O)OCC(COC(=O)CCCCCCCCCC)OC(=O)CCCCCCCCCCCCCCCCCCCC. The average Bonchev–Trinajstić information content (AvgIpc) is 3.27. The lowest BCUT2D eigenvalue weighted by atomic mass is 10.0. The van der Waals surface area contributed by atoms with Crippen molar-refractivity contribution in [2.45, 2.75) is 329 Å². The molecule has 0 aliphatic rings. The molecule has 62 heavy (non-hydrogen) atoms. The predicted molar refractivity (Wildman–Crippen MR) is 266 cm³/mol. The lowest BCUT2D eigenvalue weighted by Gasteiger charge is -2.18. The molecule has 0 aromatic rings. The zero-order valence-electron chi connectivity index (χ0n) is 42.2. The molecule has 0 aliphatic carbocycles. The molecule has 6 nitrogen and oxygen atoms in total. The van der Waals surface area contributed by atoms with E-state index in [9.17, 15) is 14.4 Å². The van der Waals surface area contributed by atoms with Gasteiger partial charge in [-0.15, -0.1) is 0 Å². The van der Waals surface area contributed by atoms with Crippen LogP contribution >= 0.6 is 0 Å². The second-order valence-electron chi connectivity index (χ2n) is 19.2. The van der Waals surface area contributed by atoms with Crippen LogP contribution < -0.4 is 0 Å². The van der Waals surface area contributed by atoms with Crippen LogP contribution in [0.4, 0.5) is 0 Å². The molecular weight excluding hydrogens is 769 g/mol. The monoisotopic (exact) mass is 877 g/mol. The van der Waals surface area contributed by atoms with Crippen LogP contribution in [0.5, 0.6) is 0 Å². The highest BCUT2D eigenvalue weighted by Gasteiger charge is 2.19. The van der Waals surface area contributed by atoms with Gasteiger partial charge in [0, 0.05) is 19.3 Å². The van der Waals surface area contributed by atoms with Crippen molar-refractivity contribution in [2.24, 2.45) is 0 Å². The van der Waals surface area contributed by atoms with Gasteiger partial charge in [0.25, 0.3) is 0 Å². The molecule has 6 heteroatoms. The number of carbonyl (C=O) groups excluding carboxylic acids is 3. The summed E-state index contributed by atoms with van der Waals surface area (Å²) in [6, 6.07) is 0. The fourth-order valence-electron chi connectivity index (χ4n) is 8.62. The molecule has 0 aromatic heterocycles. The van der Waals surface area contributed by atoms with Crippen LogP contribution in [0.1, 0.15) is 323 Å². The predicted octanol–water partition coefficient (Wildman–Crippen LogP) is 18.4. The summed E-state index contributed by atoms with van der Waals surface area (Å²) < 4.78 is 16.8. The molecule has 0 N–H and O–H groups in total. The lowest BCUT2D eigenvalue weighted by Crippen LogP contribution is -2.30. The first kappa shape index (κ1) is 60.4. The Balaban J connectivity index is 4.18. The Morgan fingerprint density at radius 3 is 0.645 bits per heavy atom. The van der Waals surface area contributed by atoms with E-state index in [1.807, 2.05) is 0 Å². The van der Waals surface area contributed by atoms with Gasteiger partial charge < -0.3 is 14.2 Å². The zero-order chi connectivity index (χ0) is 45.1. The molecule has 0 amide bonds. The Labute approximate surface area is 387 Å². The second kappa shape index (κ2) is 52.0. The molecule has 0 saturated heterocycles. The van der Waals surface area contributed by atoms with Crippen molar-refractivity contribution in [1.29, 1.82) is 0 Å². The van der Waals surface area contributed by atoms with Gasteiger partial charge in [-0.3, -0.25) is 14.4 Å². The Bertz CT molecular complexity index is 920. The van der Waals surface area contributed by atoms with Crippen molar-refractivity contribution in [1.82, 2.24) is 0 Å². The summed E-state index contributed by atoms with van der Waals surface area (Å²) in [6.07, 6.45) is 56.8. The van der Waals surface area contributed by atoms with Gasteiger partial charge in [0.2, 0.25) is 0 Å². The van der Waals surface area contributed by atoms with Crippen molar-refractivity contribution in [3.63, 3.8) is 0 Å². The minimum Gasteiger partial charge on any atom is -0.462 e. The fourth-order valence-corrected chi connectivity index (χ4v) is 8.62. The number of hydrogen-bond acceptors (Lipinski definition) is 6. The molecule has 1 unspecified atom stereocenters. The third-order valence-electron chi connectivity index (χ3n) is 12.9. The summed E-state index contributed by atoms with van der Waals surface area (Å²) >= 11 is 0. The zero-order valence-corrected chi connectivity index (χ0v) is 42.2. The molecule has 0 spiro atoms. The maximum absolute atomic E-state index is 12.8. The van der Waals surface area contributed by atoms with Crippen LogP contribution in [-0.4, -0.2) is 37.2 Å². The molecule has 0 radical (unpaired) electrons. The van der Waals surface area contributed by atoms with E-state index >= 15 is 0 Å². The number of rotatable bonds is 52. The molecule has 368 valence electrons. The number of ether oxygens (including phenoxy) is 3. The van der Waals surface area contributed by atoms with Crippen LogP contribution in [0.25, 0.3) is 0 Å². The van der Waals surface area contributed by atoms with E-state index < -0.39 is 6.10 Å². The van der Waals surface area contributed by atoms with E-state index in [-0.39, 0.29) is 31.1 Å². The third kappa shape index (κ3) is 49.4. The lowest BCUT2D eigenvalue weighted by molar-refractivity contribution is -0.167. The summed E-state index contributed by atoms with van der Waals surface area (Å²) in [6.45, 7) is 6.67. The highest BCUT2D eigenvalue weighted by molar-refractivity contribution is 5.71.